The van der Waals surface area contributed by atoms with Crippen LogP contribution in [0.15, 0.2) is 18.2 Å². The molecule has 2 rings (SSSR count). The molecule has 0 spiro atoms. The standard InChI is InChI=1S/C20H28N2O6/c1-4-28-20(25)15-8-11-22(12-9-15)19(24)18(23)21-10-7-14-5-6-16(26-2)17(13-14)27-3/h5-6,13,15H,4,7-12H2,1-3H3,(H,21,23). The maximum atomic E-state index is 12.3. The molecule has 0 bridgehead atoms. The zero-order valence-electron chi connectivity index (χ0n) is 16.7. The minimum atomic E-state index is -0.630. The number of benzene rings is 1. The van der Waals surface area contributed by atoms with E-state index in [1.54, 1.807) is 27.2 Å². The molecule has 0 aliphatic carbocycles. The molecule has 1 aliphatic heterocycles. The van der Waals surface area contributed by atoms with Crippen molar-refractivity contribution in [3.63, 3.8) is 0 Å². The van der Waals surface area contributed by atoms with Gasteiger partial charge < -0.3 is 24.4 Å². The van der Waals surface area contributed by atoms with Gasteiger partial charge in [0, 0.05) is 19.6 Å². The zero-order valence-corrected chi connectivity index (χ0v) is 16.7. The van der Waals surface area contributed by atoms with E-state index in [9.17, 15) is 14.4 Å². The summed E-state index contributed by atoms with van der Waals surface area (Å²) in [5.74, 6) is -0.362. The minimum Gasteiger partial charge on any atom is -0.493 e. The normalized spacial score (nSPS) is 14.3. The highest BCUT2D eigenvalue weighted by molar-refractivity contribution is 6.35. The number of carbonyl (C=O) groups is 3. The summed E-state index contributed by atoms with van der Waals surface area (Å²) in [6, 6.07) is 5.53. The highest BCUT2D eigenvalue weighted by Crippen LogP contribution is 2.27. The fourth-order valence-electron chi connectivity index (χ4n) is 3.15. The van der Waals surface area contributed by atoms with E-state index in [-0.39, 0.29) is 11.9 Å². The molecule has 1 fully saturated rings. The van der Waals surface area contributed by atoms with Crippen LogP contribution in [0, 0.1) is 5.92 Å². The topological polar surface area (TPSA) is 94.2 Å². The van der Waals surface area contributed by atoms with Crippen LogP contribution in [0.3, 0.4) is 0 Å². The van der Waals surface area contributed by atoms with Crippen LogP contribution >= 0.6 is 0 Å². The van der Waals surface area contributed by atoms with Crippen molar-refractivity contribution >= 4 is 17.8 Å². The number of rotatable bonds is 7. The van der Waals surface area contributed by atoms with Gasteiger partial charge in [0.25, 0.3) is 0 Å². The molecule has 0 unspecified atom stereocenters. The first-order valence-electron chi connectivity index (χ1n) is 9.44. The summed E-state index contributed by atoms with van der Waals surface area (Å²) in [7, 11) is 3.13. The van der Waals surface area contributed by atoms with Crippen LogP contribution in [0.1, 0.15) is 25.3 Å². The Labute approximate surface area is 165 Å². The molecule has 8 nitrogen and oxygen atoms in total. The summed E-state index contributed by atoms with van der Waals surface area (Å²) >= 11 is 0. The SMILES string of the molecule is CCOC(=O)C1CCN(C(=O)C(=O)NCCc2ccc(OC)c(OC)c2)CC1. The fraction of sp³-hybridized carbons (Fsp3) is 0.550. The van der Waals surface area contributed by atoms with Crippen LogP contribution in [-0.2, 0) is 25.5 Å². The maximum absolute atomic E-state index is 12.3. The average Bonchev–Trinajstić information content (AvgIpc) is 2.73. The minimum absolute atomic E-state index is 0.197. The van der Waals surface area contributed by atoms with Gasteiger partial charge in [0.15, 0.2) is 11.5 Å². The molecule has 0 radical (unpaired) electrons. The lowest BCUT2D eigenvalue weighted by Gasteiger charge is -2.30. The average molecular weight is 392 g/mol. The van der Waals surface area contributed by atoms with Crippen molar-refractivity contribution in [1.82, 2.24) is 10.2 Å². The molecule has 1 N–H and O–H groups in total. The Morgan fingerprint density at radius 1 is 1.11 bits per heavy atom. The van der Waals surface area contributed by atoms with Gasteiger partial charge in [-0.3, -0.25) is 14.4 Å². The van der Waals surface area contributed by atoms with Gasteiger partial charge in [-0.2, -0.15) is 0 Å². The molecule has 1 saturated heterocycles. The summed E-state index contributed by atoms with van der Waals surface area (Å²) in [6.07, 6.45) is 1.59. The van der Waals surface area contributed by atoms with Crippen molar-refractivity contribution in [3.8, 4) is 11.5 Å². The first kappa shape index (κ1) is 21.5. The number of nitrogens with zero attached hydrogens (tertiary/aromatic N) is 1. The molecule has 1 aromatic carbocycles. The van der Waals surface area contributed by atoms with Gasteiger partial charge >= 0.3 is 17.8 Å². The van der Waals surface area contributed by atoms with Crippen molar-refractivity contribution in [3.05, 3.63) is 23.8 Å². The largest absolute Gasteiger partial charge is 0.493 e. The number of carbonyl (C=O) groups excluding carboxylic acids is 3. The Balaban J connectivity index is 1.77. The Kier molecular flexibility index (Phi) is 8.10. The van der Waals surface area contributed by atoms with Gasteiger partial charge in [0.1, 0.15) is 0 Å². The van der Waals surface area contributed by atoms with Crippen molar-refractivity contribution in [2.24, 2.45) is 5.92 Å². The van der Waals surface area contributed by atoms with Crippen LogP contribution < -0.4 is 14.8 Å². The van der Waals surface area contributed by atoms with Gasteiger partial charge in [-0.25, -0.2) is 0 Å². The molecule has 2 amide bonds. The van der Waals surface area contributed by atoms with Crippen molar-refractivity contribution in [2.45, 2.75) is 26.2 Å². The van der Waals surface area contributed by atoms with Gasteiger partial charge in [0.2, 0.25) is 0 Å². The van der Waals surface area contributed by atoms with Crippen LogP contribution in [0.2, 0.25) is 0 Å². The monoisotopic (exact) mass is 392 g/mol. The zero-order chi connectivity index (χ0) is 20.5. The van der Waals surface area contributed by atoms with Gasteiger partial charge in [0.05, 0.1) is 26.7 Å². The van der Waals surface area contributed by atoms with E-state index in [0.717, 1.165) is 5.56 Å². The fourth-order valence-corrected chi connectivity index (χ4v) is 3.15. The number of hydrogen-bond donors (Lipinski definition) is 1. The maximum Gasteiger partial charge on any atom is 0.311 e. The second-order valence-electron chi connectivity index (χ2n) is 6.51. The highest BCUT2D eigenvalue weighted by atomic mass is 16.5. The van der Waals surface area contributed by atoms with Crippen LogP contribution in [0.4, 0.5) is 0 Å². The van der Waals surface area contributed by atoms with E-state index in [2.05, 4.69) is 5.32 Å². The third kappa shape index (κ3) is 5.61. The van der Waals surface area contributed by atoms with E-state index in [0.29, 0.717) is 57.0 Å². The van der Waals surface area contributed by atoms with Gasteiger partial charge in [-0.05, 0) is 43.9 Å². The third-order valence-corrected chi connectivity index (χ3v) is 4.74. The Morgan fingerprint density at radius 3 is 2.39 bits per heavy atom. The quantitative estimate of drug-likeness (QED) is 0.553. The van der Waals surface area contributed by atoms with E-state index in [1.165, 1.54) is 4.90 Å². The Hall–Kier alpha value is -2.77. The number of amides is 2. The summed E-state index contributed by atoms with van der Waals surface area (Å²) in [5.41, 5.74) is 0.959. The molecule has 8 heteroatoms. The predicted octanol–water partition coefficient (Wildman–Crippen LogP) is 1.16. The molecule has 1 aromatic rings. The number of esters is 1. The Morgan fingerprint density at radius 2 is 1.79 bits per heavy atom. The first-order chi connectivity index (χ1) is 13.5. The molecule has 154 valence electrons. The van der Waals surface area contributed by atoms with Crippen LogP contribution in [-0.4, -0.2) is 63.1 Å². The van der Waals surface area contributed by atoms with Crippen molar-refractivity contribution < 1.29 is 28.6 Å². The van der Waals surface area contributed by atoms with Gasteiger partial charge in [-0.15, -0.1) is 0 Å². The summed E-state index contributed by atoms with van der Waals surface area (Å²) in [4.78, 5) is 37.7. The van der Waals surface area contributed by atoms with Crippen LogP contribution in [0.25, 0.3) is 0 Å². The lowest BCUT2D eigenvalue weighted by molar-refractivity contribution is -0.152. The van der Waals surface area contributed by atoms with E-state index in [1.807, 2.05) is 12.1 Å². The molecule has 0 aromatic heterocycles. The van der Waals surface area contributed by atoms with Crippen LogP contribution in [0.5, 0.6) is 11.5 Å². The summed E-state index contributed by atoms with van der Waals surface area (Å²) in [6.45, 7) is 3.21. The molecule has 0 atom stereocenters. The van der Waals surface area contributed by atoms with Gasteiger partial charge in [-0.1, -0.05) is 6.07 Å². The van der Waals surface area contributed by atoms with E-state index < -0.39 is 11.8 Å². The second kappa shape index (κ2) is 10.5. The number of hydrogen-bond acceptors (Lipinski definition) is 6. The number of ether oxygens (including phenoxy) is 3. The molecule has 28 heavy (non-hydrogen) atoms. The van der Waals surface area contributed by atoms with E-state index >= 15 is 0 Å². The first-order valence-corrected chi connectivity index (χ1v) is 9.44. The second-order valence-corrected chi connectivity index (χ2v) is 6.51. The predicted molar refractivity (Wildman–Crippen MR) is 102 cm³/mol. The van der Waals surface area contributed by atoms with Crippen molar-refractivity contribution in [1.29, 1.82) is 0 Å². The number of piperidine rings is 1. The number of methoxy groups -OCH3 is 2. The summed E-state index contributed by atoms with van der Waals surface area (Å²) < 4.78 is 15.5. The molecular weight excluding hydrogens is 364 g/mol. The number of nitrogens with one attached hydrogen (secondary N) is 1. The van der Waals surface area contributed by atoms with Crippen molar-refractivity contribution in [2.75, 3.05) is 40.5 Å². The molecule has 1 heterocycles. The molecule has 0 saturated carbocycles. The molecular formula is C20H28N2O6. The third-order valence-electron chi connectivity index (χ3n) is 4.74. The summed E-state index contributed by atoms with van der Waals surface area (Å²) in [5, 5.41) is 2.65. The smallest absolute Gasteiger partial charge is 0.311 e. The highest BCUT2D eigenvalue weighted by Gasteiger charge is 2.30. The van der Waals surface area contributed by atoms with E-state index in [4.69, 9.17) is 14.2 Å². The Bertz CT molecular complexity index is 698. The molecule has 1 aliphatic rings. The lowest BCUT2D eigenvalue weighted by atomic mass is 9.97. The lowest BCUT2D eigenvalue weighted by Crippen LogP contribution is -2.47. The number of likely N-dealkylation sites (tertiary alicyclic amines) is 1.